The SMILES string of the molecule is Cc1cc(C(C)(C)C)c(C(C)(C)C)c(N)c1N. The van der Waals surface area contributed by atoms with Crippen LogP contribution < -0.4 is 11.5 Å². The Hall–Kier alpha value is -1.18. The predicted octanol–water partition coefficient (Wildman–Crippen LogP) is 3.75. The highest BCUT2D eigenvalue weighted by atomic mass is 14.7. The molecule has 1 aromatic carbocycles. The fourth-order valence-electron chi connectivity index (χ4n) is 2.26. The second kappa shape index (κ2) is 3.94. The van der Waals surface area contributed by atoms with Crippen molar-refractivity contribution in [2.45, 2.75) is 59.3 Å². The first-order chi connectivity index (χ1) is 7.46. The van der Waals surface area contributed by atoms with Gasteiger partial charge < -0.3 is 11.5 Å². The molecule has 17 heavy (non-hydrogen) atoms. The van der Waals surface area contributed by atoms with Crippen LogP contribution in [0.5, 0.6) is 0 Å². The molecule has 0 radical (unpaired) electrons. The minimum Gasteiger partial charge on any atom is -0.397 e. The summed E-state index contributed by atoms with van der Waals surface area (Å²) in [7, 11) is 0. The fourth-order valence-corrected chi connectivity index (χ4v) is 2.26. The Balaban J connectivity index is 3.71. The summed E-state index contributed by atoms with van der Waals surface area (Å²) in [6, 6.07) is 2.19. The Morgan fingerprint density at radius 3 is 1.65 bits per heavy atom. The van der Waals surface area contributed by atoms with Gasteiger partial charge in [0.15, 0.2) is 0 Å². The molecule has 0 amide bonds. The van der Waals surface area contributed by atoms with Crippen LogP contribution in [0.3, 0.4) is 0 Å². The van der Waals surface area contributed by atoms with E-state index in [2.05, 4.69) is 47.6 Å². The van der Waals surface area contributed by atoms with Gasteiger partial charge >= 0.3 is 0 Å². The Kier molecular flexibility index (Phi) is 3.21. The normalized spacial score (nSPS) is 12.9. The highest BCUT2D eigenvalue weighted by molar-refractivity contribution is 5.75. The number of anilines is 2. The van der Waals surface area contributed by atoms with Crippen LogP contribution in [0.25, 0.3) is 0 Å². The average molecular weight is 234 g/mol. The number of rotatable bonds is 0. The van der Waals surface area contributed by atoms with E-state index in [-0.39, 0.29) is 10.8 Å². The van der Waals surface area contributed by atoms with Crippen molar-refractivity contribution in [3.63, 3.8) is 0 Å². The van der Waals surface area contributed by atoms with Crippen LogP contribution in [0.1, 0.15) is 58.2 Å². The van der Waals surface area contributed by atoms with E-state index < -0.39 is 0 Å². The molecule has 1 aromatic rings. The second-order valence-corrected chi connectivity index (χ2v) is 6.94. The molecule has 2 nitrogen and oxygen atoms in total. The molecule has 0 aliphatic rings. The van der Waals surface area contributed by atoms with Crippen molar-refractivity contribution in [1.29, 1.82) is 0 Å². The topological polar surface area (TPSA) is 52.0 Å². The number of nitrogens with two attached hydrogens (primary N) is 2. The van der Waals surface area contributed by atoms with Crippen molar-refractivity contribution in [3.05, 3.63) is 22.8 Å². The molecule has 0 saturated carbocycles. The third-order valence-electron chi connectivity index (χ3n) is 3.17. The highest BCUT2D eigenvalue weighted by Gasteiger charge is 2.28. The van der Waals surface area contributed by atoms with Crippen molar-refractivity contribution >= 4 is 11.4 Å². The van der Waals surface area contributed by atoms with Gasteiger partial charge in [-0.1, -0.05) is 47.6 Å². The number of aryl methyl sites for hydroxylation is 1. The summed E-state index contributed by atoms with van der Waals surface area (Å²) in [5.41, 5.74) is 17.4. The molecule has 0 aliphatic carbocycles. The van der Waals surface area contributed by atoms with Crippen molar-refractivity contribution in [2.75, 3.05) is 11.5 Å². The van der Waals surface area contributed by atoms with Gasteiger partial charge in [0.05, 0.1) is 11.4 Å². The van der Waals surface area contributed by atoms with Crippen LogP contribution in [0.15, 0.2) is 6.07 Å². The maximum absolute atomic E-state index is 6.24. The Bertz CT molecular complexity index is 432. The minimum atomic E-state index is 0.00845. The van der Waals surface area contributed by atoms with Crippen molar-refractivity contribution < 1.29 is 0 Å². The summed E-state index contributed by atoms with van der Waals surface area (Å²) in [4.78, 5) is 0. The summed E-state index contributed by atoms with van der Waals surface area (Å²) in [6.45, 7) is 15.2. The molecule has 0 saturated heterocycles. The second-order valence-electron chi connectivity index (χ2n) is 6.94. The largest absolute Gasteiger partial charge is 0.397 e. The van der Waals surface area contributed by atoms with Crippen LogP contribution in [-0.2, 0) is 10.8 Å². The quantitative estimate of drug-likeness (QED) is 0.672. The maximum Gasteiger partial charge on any atom is 0.0591 e. The van der Waals surface area contributed by atoms with Gasteiger partial charge in [0.25, 0.3) is 0 Å². The van der Waals surface area contributed by atoms with Gasteiger partial charge in [-0.25, -0.2) is 0 Å². The lowest BCUT2D eigenvalue weighted by atomic mass is 9.73. The summed E-state index contributed by atoms with van der Waals surface area (Å²) in [5.74, 6) is 0. The molecule has 96 valence electrons. The third kappa shape index (κ3) is 2.56. The molecule has 4 N–H and O–H groups in total. The molecular formula is C15H26N2. The Morgan fingerprint density at radius 2 is 1.29 bits per heavy atom. The Labute approximate surface area is 105 Å². The zero-order chi connectivity index (χ0) is 13.6. The van der Waals surface area contributed by atoms with Crippen LogP contribution in [0, 0.1) is 6.92 Å². The van der Waals surface area contributed by atoms with Gasteiger partial charge in [0, 0.05) is 0 Å². The van der Waals surface area contributed by atoms with Gasteiger partial charge in [-0.05, 0) is 34.4 Å². The van der Waals surface area contributed by atoms with E-state index in [1.807, 2.05) is 6.92 Å². The molecule has 0 fully saturated rings. The fraction of sp³-hybridized carbons (Fsp3) is 0.600. The number of nitrogen functional groups attached to an aromatic ring is 2. The van der Waals surface area contributed by atoms with Gasteiger partial charge in [-0.3, -0.25) is 0 Å². The number of hydrogen-bond acceptors (Lipinski definition) is 2. The zero-order valence-corrected chi connectivity index (χ0v) is 12.2. The van der Waals surface area contributed by atoms with Gasteiger partial charge in [0.1, 0.15) is 0 Å². The minimum absolute atomic E-state index is 0.00845. The lowest BCUT2D eigenvalue weighted by molar-refractivity contribution is 0.532. The summed E-state index contributed by atoms with van der Waals surface area (Å²) >= 11 is 0. The van der Waals surface area contributed by atoms with E-state index in [4.69, 9.17) is 11.5 Å². The smallest absolute Gasteiger partial charge is 0.0591 e. The van der Waals surface area contributed by atoms with E-state index in [0.29, 0.717) is 0 Å². The lowest BCUT2D eigenvalue weighted by Crippen LogP contribution is -2.24. The highest BCUT2D eigenvalue weighted by Crippen LogP contribution is 2.41. The summed E-state index contributed by atoms with van der Waals surface area (Å²) < 4.78 is 0. The molecule has 0 aromatic heterocycles. The van der Waals surface area contributed by atoms with Crippen LogP contribution in [0.4, 0.5) is 11.4 Å². The molecule has 2 heteroatoms. The van der Waals surface area contributed by atoms with Crippen molar-refractivity contribution in [1.82, 2.24) is 0 Å². The average Bonchev–Trinajstić information content (AvgIpc) is 2.09. The van der Waals surface area contributed by atoms with E-state index in [9.17, 15) is 0 Å². The number of hydrogen-bond donors (Lipinski definition) is 2. The first-order valence-electron chi connectivity index (χ1n) is 6.15. The van der Waals surface area contributed by atoms with Gasteiger partial charge in [-0.15, -0.1) is 0 Å². The molecule has 0 heterocycles. The molecule has 1 rings (SSSR count). The summed E-state index contributed by atoms with van der Waals surface area (Å²) in [5, 5.41) is 0. The lowest BCUT2D eigenvalue weighted by Gasteiger charge is -2.32. The van der Waals surface area contributed by atoms with Crippen LogP contribution in [0.2, 0.25) is 0 Å². The van der Waals surface area contributed by atoms with Crippen LogP contribution in [-0.4, -0.2) is 0 Å². The molecule has 0 bridgehead atoms. The first-order valence-corrected chi connectivity index (χ1v) is 6.15. The molecule has 0 unspecified atom stereocenters. The molecular weight excluding hydrogens is 208 g/mol. The van der Waals surface area contributed by atoms with E-state index in [1.54, 1.807) is 0 Å². The monoisotopic (exact) mass is 234 g/mol. The first kappa shape index (κ1) is 13.9. The molecule has 0 spiro atoms. The van der Waals surface area contributed by atoms with E-state index in [0.717, 1.165) is 16.9 Å². The summed E-state index contributed by atoms with van der Waals surface area (Å²) in [6.07, 6.45) is 0. The van der Waals surface area contributed by atoms with Crippen molar-refractivity contribution in [3.8, 4) is 0 Å². The van der Waals surface area contributed by atoms with Gasteiger partial charge in [-0.2, -0.15) is 0 Å². The van der Waals surface area contributed by atoms with E-state index in [1.165, 1.54) is 11.1 Å². The van der Waals surface area contributed by atoms with Crippen molar-refractivity contribution in [2.24, 2.45) is 0 Å². The Morgan fingerprint density at radius 1 is 0.824 bits per heavy atom. The molecule has 0 aliphatic heterocycles. The standard InChI is InChI=1S/C15H26N2/c1-9-8-10(14(2,3)4)11(15(5,6)7)13(17)12(9)16/h8H,16-17H2,1-7H3. The zero-order valence-electron chi connectivity index (χ0n) is 12.2. The van der Waals surface area contributed by atoms with Gasteiger partial charge in [0.2, 0.25) is 0 Å². The predicted molar refractivity (Wildman–Crippen MR) is 77.4 cm³/mol. The van der Waals surface area contributed by atoms with Crippen LogP contribution >= 0.6 is 0 Å². The molecule has 0 atom stereocenters. The maximum atomic E-state index is 6.24. The van der Waals surface area contributed by atoms with E-state index >= 15 is 0 Å². The third-order valence-corrected chi connectivity index (χ3v) is 3.17. The number of benzene rings is 1.